The van der Waals surface area contributed by atoms with Gasteiger partial charge in [0.2, 0.25) is 0 Å². The molecule has 0 radical (unpaired) electrons. The SMILES string of the molecule is CC1(C)C(=O)N(c2ccc(S(=O)(=O)C(F)(F)F)cc2)C(=O)N1Cc1ccncc1CN. The van der Waals surface area contributed by atoms with Gasteiger partial charge in [0.15, 0.2) is 0 Å². The third kappa shape index (κ3) is 3.76. The highest BCUT2D eigenvalue weighted by Gasteiger charge is 2.52. The van der Waals surface area contributed by atoms with E-state index < -0.39 is 37.7 Å². The normalized spacial score (nSPS) is 16.8. The molecule has 3 rings (SSSR count). The first-order valence-electron chi connectivity index (χ1n) is 9.01. The number of rotatable bonds is 5. The quantitative estimate of drug-likeness (QED) is 0.692. The number of nitrogens with two attached hydrogens (primary N) is 1. The molecule has 0 spiro atoms. The fourth-order valence-corrected chi connectivity index (χ4v) is 3.96. The molecule has 3 amide bonds. The molecule has 12 heteroatoms. The number of nitrogens with zero attached hydrogens (tertiary/aromatic N) is 3. The minimum atomic E-state index is -5.54. The number of benzene rings is 1. The van der Waals surface area contributed by atoms with Crippen LogP contribution >= 0.6 is 0 Å². The van der Waals surface area contributed by atoms with E-state index in [9.17, 15) is 31.2 Å². The highest BCUT2D eigenvalue weighted by atomic mass is 32.2. The summed E-state index contributed by atoms with van der Waals surface area (Å²) in [6, 6.07) is 4.39. The predicted molar refractivity (Wildman–Crippen MR) is 104 cm³/mol. The minimum Gasteiger partial charge on any atom is -0.326 e. The van der Waals surface area contributed by atoms with Crippen molar-refractivity contribution in [3.63, 3.8) is 0 Å². The Morgan fingerprint density at radius 1 is 1.06 bits per heavy atom. The molecule has 1 aliphatic heterocycles. The van der Waals surface area contributed by atoms with Crippen LogP contribution in [-0.4, -0.2) is 41.3 Å². The van der Waals surface area contributed by atoms with Gasteiger partial charge in [-0.25, -0.2) is 18.1 Å². The van der Waals surface area contributed by atoms with Gasteiger partial charge in [0.1, 0.15) is 5.54 Å². The summed E-state index contributed by atoms with van der Waals surface area (Å²) in [5.41, 5.74) is 0.328. The number of anilines is 1. The second-order valence-electron chi connectivity index (χ2n) is 7.36. The van der Waals surface area contributed by atoms with Crippen LogP contribution in [0.15, 0.2) is 47.6 Å². The number of amides is 3. The van der Waals surface area contributed by atoms with Crippen molar-refractivity contribution in [2.75, 3.05) is 4.90 Å². The maximum Gasteiger partial charge on any atom is 0.501 e. The van der Waals surface area contributed by atoms with E-state index in [1.807, 2.05) is 0 Å². The summed E-state index contributed by atoms with van der Waals surface area (Å²) in [4.78, 5) is 31.1. The lowest BCUT2D eigenvalue weighted by Crippen LogP contribution is -2.43. The summed E-state index contributed by atoms with van der Waals surface area (Å²) in [6.07, 6.45) is 3.09. The zero-order valence-corrected chi connectivity index (χ0v) is 17.4. The number of hydrogen-bond donors (Lipinski definition) is 1. The Morgan fingerprint density at radius 3 is 2.23 bits per heavy atom. The third-order valence-electron chi connectivity index (χ3n) is 5.09. The van der Waals surface area contributed by atoms with Crippen molar-refractivity contribution in [3.8, 4) is 0 Å². The van der Waals surface area contributed by atoms with Gasteiger partial charge in [-0.3, -0.25) is 9.78 Å². The molecular weight excluding hydrogens is 437 g/mol. The van der Waals surface area contributed by atoms with E-state index in [-0.39, 0.29) is 18.8 Å². The predicted octanol–water partition coefficient (Wildman–Crippen LogP) is 2.58. The van der Waals surface area contributed by atoms with Crippen LogP contribution in [0.2, 0.25) is 0 Å². The zero-order chi connectivity index (χ0) is 23.2. The van der Waals surface area contributed by atoms with Crippen LogP contribution in [0, 0.1) is 0 Å². The zero-order valence-electron chi connectivity index (χ0n) is 16.5. The molecule has 0 unspecified atom stereocenters. The molecule has 166 valence electrons. The Balaban J connectivity index is 1.95. The van der Waals surface area contributed by atoms with Gasteiger partial charge in [-0.1, -0.05) is 0 Å². The highest BCUT2D eigenvalue weighted by molar-refractivity contribution is 7.92. The van der Waals surface area contributed by atoms with Crippen molar-refractivity contribution < 1.29 is 31.2 Å². The first kappa shape index (κ1) is 22.7. The van der Waals surface area contributed by atoms with Crippen molar-refractivity contribution in [3.05, 3.63) is 53.9 Å². The van der Waals surface area contributed by atoms with Crippen molar-refractivity contribution >= 4 is 27.5 Å². The molecule has 1 aromatic heterocycles. The van der Waals surface area contributed by atoms with Gasteiger partial charge < -0.3 is 10.6 Å². The van der Waals surface area contributed by atoms with Crippen LogP contribution in [0.25, 0.3) is 0 Å². The minimum absolute atomic E-state index is 0.0412. The van der Waals surface area contributed by atoms with E-state index >= 15 is 0 Å². The highest BCUT2D eigenvalue weighted by Crippen LogP contribution is 2.35. The van der Waals surface area contributed by atoms with Gasteiger partial charge in [0.05, 0.1) is 10.6 Å². The van der Waals surface area contributed by atoms with Gasteiger partial charge in [-0.05, 0) is 55.3 Å². The van der Waals surface area contributed by atoms with Crippen molar-refractivity contribution in [1.82, 2.24) is 9.88 Å². The van der Waals surface area contributed by atoms with Crippen molar-refractivity contribution in [1.29, 1.82) is 0 Å². The van der Waals surface area contributed by atoms with E-state index in [1.54, 1.807) is 26.1 Å². The molecule has 2 aromatic rings. The van der Waals surface area contributed by atoms with Crippen molar-refractivity contribution in [2.24, 2.45) is 5.73 Å². The Labute approximate surface area is 176 Å². The number of alkyl halides is 3. The number of sulfone groups is 1. The Hall–Kier alpha value is -2.99. The molecule has 0 bridgehead atoms. The van der Waals surface area contributed by atoms with Crippen LogP contribution in [0.4, 0.5) is 23.7 Å². The lowest BCUT2D eigenvalue weighted by Gasteiger charge is -2.28. The van der Waals surface area contributed by atoms with Crippen LogP contribution in [0.5, 0.6) is 0 Å². The molecule has 1 aliphatic rings. The van der Waals surface area contributed by atoms with E-state index in [2.05, 4.69) is 4.98 Å². The number of hydrogen-bond acceptors (Lipinski definition) is 6. The summed E-state index contributed by atoms with van der Waals surface area (Å²) in [7, 11) is -5.54. The van der Waals surface area contributed by atoms with Crippen LogP contribution < -0.4 is 10.6 Å². The van der Waals surface area contributed by atoms with Gasteiger partial charge in [-0.15, -0.1) is 0 Å². The van der Waals surface area contributed by atoms with Crippen LogP contribution in [0.1, 0.15) is 25.0 Å². The summed E-state index contributed by atoms with van der Waals surface area (Å²) in [5.74, 6) is -0.604. The number of aromatic nitrogens is 1. The Bertz CT molecular complexity index is 1130. The number of imide groups is 1. The first-order chi connectivity index (χ1) is 14.3. The lowest BCUT2D eigenvalue weighted by atomic mass is 10.0. The van der Waals surface area contributed by atoms with E-state index in [0.717, 1.165) is 17.0 Å². The molecule has 1 saturated heterocycles. The molecule has 0 saturated carbocycles. The smallest absolute Gasteiger partial charge is 0.326 e. The van der Waals surface area contributed by atoms with Gasteiger partial charge in [0, 0.05) is 25.5 Å². The van der Waals surface area contributed by atoms with Crippen molar-refractivity contribution in [2.45, 2.75) is 42.9 Å². The first-order valence-corrected chi connectivity index (χ1v) is 10.5. The van der Waals surface area contributed by atoms with Crippen LogP contribution in [-0.2, 0) is 27.7 Å². The molecule has 1 fully saturated rings. The Kier molecular flexibility index (Phi) is 5.57. The fraction of sp³-hybridized carbons (Fsp3) is 0.316. The van der Waals surface area contributed by atoms with E-state index in [0.29, 0.717) is 23.3 Å². The van der Waals surface area contributed by atoms with Gasteiger partial charge in [-0.2, -0.15) is 13.2 Å². The third-order valence-corrected chi connectivity index (χ3v) is 6.59. The second kappa shape index (κ2) is 7.61. The second-order valence-corrected chi connectivity index (χ2v) is 9.30. The number of halogens is 3. The fourth-order valence-electron chi connectivity index (χ4n) is 3.20. The summed E-state index contributed by atoms with van der Waals surface area (Å²) in [5, 5.41) is 0. The molecule has 2 N–H and O–H groups in total. The molecule has 8 nitrogen and oxygen atoms in total. The standard InChI is InChI=1S/C19H19F3N4O4S/c1-18(2)16(27)26(14-3-5-15(6-4-14)31(29,30)19(20,21)22)17(28)25(18)11-12-7-8-24-10-13(12)9-23/h3-8,10H,9,11,23H2,1-2H3. The molecule has 31 heavy (non-hydrogen) atoms. The summed E-state index contributed by atoms with van der Waals surface area (Å²) < 4.78 is 61.3. The Morgan fingerprint density at radius 2 is 1.68 bits per heavy atom. The van der Waals surface area contributed by atoms with E-state index in [1.165, 1.54) is 11.1 Å². The average Bonchev–Trinajstić information content (AvgIpc) is 2.87. The largest absolute Gasteiger partial charge is 0.501 e. The number of carbonyl (C=O) groups is 2. The van der Waals surface area contributed by atoms with Gasteiger partial charge in [0.25, 0.3) is 15.7 Å². The number of pyridine rings is 1. The molecular formula is C19H19F3N4O4S. The van der Waals surface area contributed by atoms with E-state index in [4.69, 9.17) is 5.73 Å². The maximum atomic E-state index is 13.1. The lowest BCUT2D eigenvalue weighted by molar-refractivity contribution is -0.123. The topological polar surface area (TPSA) is 114 Å². The average molecular weight is 456 g/mol. The molecule has 2 heterocycles. The molecule has 0 atom stereocenters. The number of urea groups is 1. The molecule has 0 aliphatic carbocycles. The molecule has 1 aromatic carbocycles. The monoisotopic (exact) mass is 456 g/mol. The van der Waals surface area contributed by atoms with Gasteiger partial charge >= 0.3 is 11.5 Å². The number of carbonyl (C=O) groups excluding carboxylic acids is 2. The maximum absolute atomic E-state index is 13.1. The summed E-state index contributed by atoms with van der Waals surface area (Å²) in [6.45, 7) is 3.32. The van der Waals surface area contributed by atoms with Crippen LogP contribution in [0.3, 0.4) is 0 Å². The summed E-state index contributed by atoms with van der Waals surface area (Å²) >= 11 is 0.